The number of anilines is 1. The Kier molecular flexibility index (Phi) is 2.52. The van der Waals surface area contributed by atoms with Gasteiger partial charge in [0.1, 0.15) is 5.82 Å². The Morgan fingerprint density at radius 2 is 2.21 bits per heavy atom. The van der Waals surface area contributed by atoms with Crippen molar-refractivity contribution in [2.24, 2.45) is 7.05 Å². The SMILES string of the molecule is Cn1cc(-c2noc(-c3c(N)cccc3F)n2)cn1. The van der Waals surface area contributed by atoms with Crippen LogP contribution in [0.1, 0.15) is 0 Å². The Balaban J connectivity index is 2.06. The van der Waals surface area contributed by atoms with Gasteiger partial charge in [-0.3, -0.25) is 4.68 Å². The molecule has 6 nitrogen and oxygen atoms in total. The molecule has 2 heterocycles. The number of halogens is 1. The van der Waals surface area contributed by atoms with Crippen LogP contribution in [0.15, 0.2) is 35.1 Å². The average molecular weight is 259 g/mol. The summed E-state index contributed by atoms with van der Waals surface area (Å²) in [6, 6.07) is 4.39. The van der Waals surface area contributed by atoms with Crippen LogP contribution in [-0.2, 0) is 7.05 Å². The Bertz CT molecular complexity index is 713. The van der Waals surface area contributed by atoms with E-state index in [1.54, 1.807) is 30.2 Å². The summed E-state index contributed by atoms with van der Waals surface area (Å²) in [7, 11) is 1.78. The Hall–Kier alpha value is -2.70. The Morgan fingerprint density at radius 1 is 1.37 bits per heavy atom. The lowest BCUT2D eigenvalue weighted by molar-refractivity contribution is 0.430. The van der Waals surface area contributed by atoms with Gasteiger partial charge >= 0.3 is 0 Å². The summed E-state index contributed by atoms with van der Waals surface area (Å²) < 4.78 is 20.4. The van der Waals surface area contributed by atoms with Gasteiger partial charge in [-0.2, -0.15) is 10.1 Å². The lowest BCUT2D eigenvalue weighted by Crippen LogP contribution is -1.93. The van der Waals surface area contributed by atoms with Gasteiger partial charge < -0.3 is 10.3 Å². The quantitative estimate of drug-likeness (QED) is 0.710. The fraction of sp³-hybridized carbons (Fsp3) is 0.0833. The molecular weight excluding hydrogens is 249 g/mol. The molecule has 19 heavy (non-hydrogen) atoms. The second-order valence-electron chi connectivity index (χ2n) is 4.03. The van der Waals surface area contributed by atoms with Crippen molar-refractivity contribution in [1.82, 2.24) is 19.9 Å². The first-order valence-corrected chi connectivity index (χ1v) is 5.52. The van der Waals surface area contributed by atoms with Crippen molar-refractivity contribution in [2.45, 2.75) is 0 Å². The number of nitrogens with zero attached hydrogens (tertiary/aromatic N) is 4. The second kappa shape index (κ2) is 4.20. The van der Waals surface area contributed by atoms with E-state index in [1.165, 1.54) is 12.1 Å². The summed E-state index contributed by atoms with van der Waals surface area (Å²) in [6.45, 7) is 0. The molecule has 2 N–H and O–H groups in total. The van der Waals surface area contributed by atoms with E-state index in [0.717, 1.165) is 0 Å². The topological polar surface area (TPSA) is 82.8 Å². The first-order valence-electron chi connectivity index (χ1n) is 5.52. The van der Waals surface area contributed by atoms with Crippen LogP contribution in [0.5, 0.6) is 0 Å². The van der Waals surface area contributed by atoms with Crippen molar-refractivity contribution in [3.05, 3.63) is 36.4 Å². The minimum absolute atomic E-state index is 0.0504. The summed E-state index contributed by atoms with van der Waals surface area (Å²) in [5.41, 5.74) is 6.78. The Labute approximate surface area is 107 Å². The fourth-order valence-corrected chi connectivity index (χ4v) is 1.75. The molecule has 7 heteroatoms. The van der Waals surface area contributed by atoms with Crippen molar-refractivity contribution >= 4 is 5.69 Å². The zero-order chi connectivity index (χ0) is 13.4. The van der Waals surface area contributed by atoms with Crippen molar-refractivity contribution in [3.8, 4) is 22.8 Å². The first kappa shape index (κ1) is 11.4. The second-order valence-corrected chi connectivity index (χ2v) is 4.03. The van der Waals surface area contributed by atoms with Crippen LogP contribution in [0.3, 0.4) is 0 Å². The van der Waals surface area contributed by atoms with Gasteiger partial charge in [-0.25, -0.2) is 4.39 Å². The third-order valence-corrected chi connectivity index (χ3v) is 2.65. The van der Waals surface area contributed by atoms with Gasteiger partial charge in [0.15, 0.2) is 0 Å². The van der Waals surface area contributed by atoms with E-state index in [1.807, 2.05) is 0 Å². The molecule has 0 fully saturated rings. The van der Waals surface area contributed by atoms with Gasteiger partial charge in [-0.05, 0) is 12.1 Å². The van der Waals surface area contributed by atoms with Crippen molar-refractivity contribution in [3.63, 3.8) is 0 Å². The molecule has 0 amide bonds. The fourth-order valence-electron chi connectivity index (χ4n) is 1.75. The monoisotopic (exact) mass is 259 g/mol. The number of rotatable bonds is 2. The van der Waals surface area contributed by atoms with Gasteiger partial charge in [-0.1, -0.05) is 11.2 Å². The molecule has 0 saturated carbocycles. The minimum atomic E-state index is -0.499. The number of hydrogen-bond donors (Lipinski definition) is 1. The van der Waals surface area contributed by atoms with Gasteiger partial charge in [0.25, 0.3) is 5.89 Å². The maximum absolute atomic E-state index is 13.7. The van der Waals surface area contributed by atoms with Gasteiger partial charge in [0.2, 0.25) is 5.82 Å². The zero-order valence-corrected chi connectivity index (χ0v) is 10.0. The van der Waals surface area contributed by atoms with Crippen LogP contribution in [0.4, 0.5) is 10.1 Å². The van der Waals surface area contributed by atoms with Gasteiger partial charge in [0, 0.05) is 18.9 Å². The van der Waals surface area contributed by atoms with Crippen molar-refractivity contribution < 1.29 is 8.91 Å². The maximum atomic E-state index is 13.7. The van der Waals surface area contributed by atoms with Crippen LogP contribution < -0.4 is 5.73 Å². The summed E-state index contributed by atoms with van der Waals surface area (Å²) in [4.78, 5) is 4.13. The van der Waals surface area contributed by atoms with Crippen LogP contribution in [-0.4, -0.2) is 19.9 Å². The molecule has 0 unspecified atom stereocenters. The molecular formula is C12H10FN5O. The number of nitrogens with two attached hydrogens (primary N) is 1. The third-order valence-electron chi connectivity index (χ3n) is 2.65. The molecule has 0 aliphatic heterocycles. The number of nitrogen functional groups attached to an aromatic ring is 1. The number of hydrogen-bond acceptors (Lipinski definition) is 5. The smallest absolute Gasteiger partial charge is 0.263 e. The summed E-state index contributed by atoms with van der Waals surface area (Å²) in [5, 5.41) is 7.80. The van der Waals surface area contributed by atoms with Gasteiger partial charge in [0.05, 0.1) is 17.3 Å². The third kappa shape index (κ3) is 1.95. The van der Waals surface area contributed by atoms with E-state index >= 15 is 0 Å². The lowest BCUT2D eigenvalue weighted by Gasteiger charge is -2.00. The molecule has 0 aliphatic carbocycles. The Morgan fingerprint density at radius 3 is 2.89 bits per heavy atom. The molecule has 0 aliphatic rings. The largest absolute Gasteiger partial charge is 0.398 e. The summed E-state index contributed by atoms with van der Waals surface area (Å²) in [5.74, 6) is -0.110. The molecule has 0 radical (unpaired) electrons. The van der Waals surface area contributed by atoms with Gasteiger partial charge in [-0.15, -0.1) is 0 Å². The van der Waals surface area contributed by atoms with Crippen molar-refractivity contribution in [2.75, 3.05) is 5.73 Å². The van der Waals surface area contributed by atoms with E-state index in [2.05, 4.69) is 15.2 Å². The van der Waals surface area contributed by atoms with Crippen LogP contribution in [0.25, 0.3) is 22.8 Å². The van der Waals surface area contributed by atoms with Crippen LogP contribution >= 0.6 is 0 Å². The van der Waals surface area contributed by atoms with Crippen molar-refractivity contribution in [1.29, 1.82) is 0 Å². The standard InChI is InChI=1S/C12H10FN5O/c1-18-6-7(5-15-18)11-16-12(19-17-11)10-8(13)3-2-4-9(10)14/h2-6H,14H2,1H3. The van der Waals surface area contributed by atoms with Crippen LogP contribution in [0.2, 0.25) is 0 Å². The highest BCUT2D eigenvalue weighted by molar-refractivity contribution is 5.71. The number of aryl methyl sites for hydroxylation is 1. The van der Waals surface area contributed by atoms with E-state index < -0.39 is 5.82 Å². The molecule has 0 bridgehead atoms. The molecule has 2 aromatic heterocycles. The molecule has 0 saturated heterocycles. The molecule has 1 aromatic carbocycles. The van der Waals surface area contributed by atoms with E-state index in [9.17, 15) is 4.39 Å². The summed E-state index contributed by atoms with van der Waals surface area (Å²) >= 11 is 0. The number of benzene rings is 1. The maximum Gasteiger partial charge on any atom is 0.263 e. The first-order chi connectivity index (χ1) is 9.15. The highest BCUT2D eigenvalue weighted by Crippen LogP contribution is 2.28. The predicted molar refractivity (Wildman–Crippen MR) is 66.3 cm³/mol. The predicted octanol–water partition coefficient (Wildman–Crippen LogP) is 1.86. The zero-order valence-electron chi connectivity index (χ0n) is 10.0. The van der Waals surface area contributed by atoms with E-state index in [-0.39, 0.29) is 17.1 Å². The highest BCUT2D eigenvalue weighted by Gasteiger charge is 2.17. The lowest BCUT2D eigenvalue weighted by atomic mass is 10.1. The number of aromatic nitrogens is 4. The molecule has 0 atom stereocenters. The van der Waals surface area contributed by atoms with E-state index in [0.29, 0.717) is 11.4 Å². The molecule has 96 valence electrons. The minimum Gasteiger partial charge on any atom is -0.398 e. The van der Waals surface area contributed by atoms with E-state index in [4.69, 9.17) is 10.3 Å². The molecule has 3 rings (SSSR count). The highest BCUT2D eigenvalue weighted by atomic mass is 19.1. The molecule has 0 spiro atoms. The van der Waals surface area contributed by atoms with Crippen LogP contribution in [0, 0.1) is 5.82 Å². The normalized spacial score (nSPS) is 10.8. The average Bonchev–Trinajstić information content (AvgIpc) is 2.98. The summed E-state index contributed by atoms with van der Waals surface area (Å²) in [6.07, 6.45) is 3.33. The molecule has 3 aromatic rings.